The van der Waals surface area contributed by atoms with Crippen molar-refractivity contribution in [2.24, 2.45) is 0 Å². The molecule has 6 heteroatoms. The number of aromatic amines is 1. The summed E-state index contributed by atoms with van der Waals surface area (Å²) >= 11 is 1.45. The molecule has 0 aliphatic heterocycles. The number of anilines is 1. The monoisotopic (exact) mass is 293 g/mol. The minimum atomic E-state index is -0.211. The Hall–Kier alpha value is -2.73. The largest absolute Gasteiger partial charge is 0.335 e. The second-order valence-electron chi connectivity index (χ2n) is 4.49. The van der Waals surface area contributed by atoms with Crippen molar-refractivity contribution >= 4 is 43.6 Å². The number of hydrogen-bond donors (Lipinski definition) is 2. The highest BCUT2D eigenvalue weighted by atomic mass is 32.1. The molecule has 0 fully saturated rings. The number of benzene rings is 2. The van der Waals surface area contributed by atoms with Gasteiger partial charge in [-0.15, -0.1) is 0 Å². The van der Waals surface area contributed by atoms with Crippen LogP contribution < -0.4 is 5.32 Å². The van der Waals surface area contributed by atoms with Crippen molar-refractivity contribution in [2.75, 3.05) is 5.32 Å². The van der Waals surface area contributed by atoms with Crippen molar-refractivity contribution < 1.29 is 4.79 Å². The van der Waals surface area contributed by atoms with Crippen molar-refractivity contribution in [1.29, 1.82) is 0 Å². The molecule has 2 aromatic carbocycles. The number of carbonyl (C=O) groups excluding carboxylic acids is 1. The Bertz CT molecular complexity index is 923. The van der Waals surface area contributed by atoms with Gasteiger partial charge in [-0.05, 0) is 24.3 Å². The van der Waals surface area contributed by atoms with Crippen molar-refractivity contribution in [3.05, 3.63) is 54.4 Å². The Morgan fingerprint density at radius 2 is 2.00 bits per heavy atom. The van der Waals surface area contributed by atoms with Gasteiger partial charge in [0.25, 0.3) is 5.91 Å². The van der Waals surface area contributed by atoms with Crippen LogP contribution in [0.15, 0.2) is 42.5 Å². The van der Waals surface area contributed by atoms with Gasteiger partial charge in [-0.25, -0.2) is 9.97 Å². The molecule has 2 N–H and O–H groups in total. The van der Waals surface area contributed by atoms with Gasteiger partial charge >= 0.3 is 0 Å². The number of para-hydroxylation sites is 2. The van der Waals surface area contributed by atoms with Crippen LogP contribution in [0.3, 0.4) is 0 Å². The van der Waals surface area contributed by atoms with Crippen molar-refractivity contribution in [2.45, 2.75) is 0 Å². The first kappa shape index (κ1) is 12.0. The zero-order valence-electron chi connectivity index (χ0n) is 10.8. The van der Waals surface area contributed by atoms with Crippen LogP contribution in [-0.4, -0.2) is 20.9 Å². The first-order chi connectivity index (χ1) is 10.3. The fraction of sp³-hybridized carbons (Fsp3) is 0. The molecule has 1 radical (unpaired) electrons. The van der Waals surface area contributed by atoms with Crippen molar-refractivity contribution in [3.63, 3.8) is 0 Å². The van der Waals surface area contributed by atoms with Gasteiger partial charge < -0.3 is 4.98 Å². The number of hydrogen-bond acceptors (Lipinski definition) is 4. The lowest BCUT2D eigenvalue weighted by Crippen LogP contribution is -2.12. The summed E-state index contributed by atoms with van der Waals surface area (Å²) < 4.78 is 1.04. The number of nitrogens with zero attached hydrogens (tertiary/aromatic N) is 2. The lowest BCUT2D eigenvalue weighted by atomic mass is 10.2. The summed E-state index contributed by atoms with van der Waals surface area (Å²) in [5, 5.41) is 3.42. The minimum Gasteiger partial charge on any atom is -0.335 e. The van der Waals surface area contributed by atoms with E-state index in [1.807, 2.05) is 30.3 Å². The maximum absolute atomic E-state index is 12.4. The van der Waals surface area contributed by atoms with Crippen LogP contribution in [0, 0.1) is 6.33 Å². The summed E-state index contributed by atoms with van der Waals surface area (Å²) in [6, 6.07) is 13.2. The van der Waals surface area contributed by atoms with Gasteiger partial charge in [0, 0.05) is 0 Å². The van der Waals surface area contributed by atoms with E-state index in [1.165, 1.54) is 11.3 Å². The molecule has 1 amide bonds. The molecular weight excluding hydrogens is 284 g/mol. The summed E-state index contributed by atoms with van der Waals surface area (Å²) in [5.74, 6) is -0.211. The smallest absolute Gasteiger partial charge is 0.259 e. The molecule has 2 aromatic heterocycles. The third-order valence-corrected chi connectivity index (χ3v) is 4.11. The average Bonchev–Trinajstić information content (AvgIpc) is 3.12. The third-order valence-electron chi connectivity index (χ3n) is 3.16. The second kappa shape index (κ2) is 4.68. The molecule has 4 aromatic rings. The fourth-order valence-electron chi connectivity index (χ4n) is 2.19. The quantitative estimate of drug-likeness (QED) is 0.596. The summed E-state index contributed by atoms with van der Waals surface area (Å²) in [6.45, 7) is 0. The molecule has 101 valence electrons. The first-order valence-corrected chi connectivity index (χ1v) is 7.14. The van der Waals surface area contributed by atoms with Gasteiger partial charge in [0.1, 0.15) is 0 Å². The van der Waals surface area contributed by atoms with E-state index in [9.17, 15) is 4.79 Å². The Morgan fingerprint density at radius 3 is 2.90 bits per heavy atom. The average molecular weight is 293 g/mol. The number of amides is 1. The van der Waals surface area contributed by atoms with Crippen LogP contribution in [-0.2, 0) is 0 Å². The van der Waals surface area contributed by atoms with Crippen LogP contribution >= 0.6 is 11.3 Å². The molecule has 0 spiro atoms. The highest BCUT2D eigenvalue weighted by molar-refractivity contribution is 7.22. The number of thiazole rings is 1. The van der Waals surface area contributed by atoms with E-state index >= 15 is 0 Å². The molecule has 0 aliphatic rings. The Kier molecular flexibility index (Phi) is 2.68. The SMILES string of the molecule is O=C(Nc1nc2ccccc2s1)c1cccc2n[c][nH]c12. The molecule has 2 heterocycles. The van der Waals surface area contributed by atoms with Crippen LogP contribution in [0.2, 0.25) is 0 Å². The number of nitrogens with one attached hydrogen (secondary N) is 2. The van der Waals surface area contributed by atoms with E-state index in [0.29, 0.717) is 21.7 Å². The molecule has 0 saturated heterocycles. The maximum atomic E-state index is 12.4. The molecule has 0 aliphatic carbocycles. The highest BCUT2D eigenvalue weighted by Gasteiger charge is 2.13. The van der Waals surface area contributed by atoms with E-state index in [-0.39, 0.29) is 5.91 Å². The molecule has 0 saturated carbocycles. The number of rotatable bonds is 2. The standard InChI is InChI=1S/C15H9N4OS/c20-14(9-4-3-6-11-13(9)17-8-16-11)19-15-18-10-5-1-2-7-12(10)21-15/h1-7H,(H,16,17)(H,18,19,20). The summed E-state index contributed by atoms with van der Waals surface area (Å²) in [7, 11) is 0. The third kappa shape index (κ3) is 2.05. The second-order valence-corrected chi connectivity index (χ2v) is 5.52. The van der Waals surface area contributed by atoms with E-state index in [1.54, 1.807) is 12.1 Å². The maximum Gasteiger partial charge on any atom is 0.259 e. The van der Waals surface area contributed by atoms with Crippen LogP contribution in [0.5, 0.6) is 0 Å². The lowest BCUT2D eigenvalue weighted by Gasteiger charge is -2.02. The molecule has 0 bridgehead atoms. The first-order valence-electron chi connectivity index (χ1n) is 6.33. The molecular formula is C15H9N4OS. The Balaban J connectivity index is 1.70. The number of H-pyrrole nitrogens is 1. The molecule has 0 unspecified atom stereocenters. The van der Waals surface area contributed by atoms with Gasteiger partial charge in [-0.2, -0.15) is 0 Å². The Morgan fingerprint density at radius 1 is 1.14 bits per heavy atom. The fourth-order valence-corrected chi connectivity index (χ4v) is 3.05. The van der Waals surface area contributed by atoms with Gasteiger partial charge in [-0.1, -0.05) is 29.5 Å². The number of carbonyl (C=O) groups is 1. The summed E-state index contributed by atoms with van der Waals surface area (Å²) in [4.78, 5) is 23.7. The van der Waals surface area contributed by atoms with Crippen molar-refractivity contribution in [3.8, 4) is 0 Å². The van der Waals surface area contributed by atoms with Crippen molar-refractivity contribution in [1.82, 2.24) is 15.0 Å². The van der Waals surface area contributed by atoms with E-state index in [4.69, 9.17) is 0 Å². The normalized spacial score (nSPS) is 11.0. The topological polar surface area (TPSA) is 70.7 Å². The van der Waals surface area contributed by atoms with E-state index in [0.717, 1.165) is 10.2 Å². The Labute approximate surface area is 123 Å². The molecule has 5 nitrogen and oxygen atoms in total. The zero-order chi connectivity index (χ0) is 14.2. The van der Waals surface area contributed by atoms with Gasteiger partial charge in [0.05, 0.1) is 26.8 Å². The van der Waals surface area contributed by atoms with Crippen LogP contribution in [0.4, 0.5) is 5.13 Å². The molecule has 21 heavy (non-hydrogen) atoms. The van der Waals surface area contributed by atoms with Crippen LogP contribution in [0.1, 0.15) is 10.4 Å². The lowest BCUT2D eigenvalue weighted by molar-refractivity contribution is 0.102. The summed E-state index contributed by atoms with van der Waals surface area (Å²) in [5.41, 5.74) is 2.80. The van der Waals surface area contributed by atoms with E-state index in [2.05, 4.69) is 26.6 Å². The van der Waals surface area contributed by atoms with Gasteiger partial charge in [-0.3, -0.25) is 10.1 Å². The van der Waals surface area contributed by atoms with E-state index < -0.39 is 0 Å². The molecule has 4 rings (SSSR count). The predicted molar refractivity (Wildman–Crippen MR) is 82.5 cm³/mol. The van der Waals surface area contributed by atoms with Gasteiger partial charge in [0.2, 0.25) is 0 Å². The number of imidazole rings is 1. The number of fused-ring (bicyclic) bond motifs is 2. The predicted octanol–water partition coefficient (Wildman–Crippen LogP) is 3.23. The minimum absolute atomic E-state index is 0.211. The molecule has 0 atom stereocenters. The highest BCUT2D eigenvalue weighted by Crippen LogP contribution is 2.26. The van der Waals surface area contributed by atoms with Crippen LogP contribution in [0.25, 0.3) is 21.3 Å². The zero-order valence-corrected chi connectivity index (χ0v) is 11.6. The number of aromatic nitrogens is 3. The van der Waals surface area contributed by atoms with Gasteiger partial charge in [0.15, 0.2) is 11.5 Å². The summed E-state index contributed by atoms with van der Waals surface area (Å²) in [6.07, 6.45) is 2.65.